The van der Waals surface area contributed by atoms with Crippen molar-refractivity contribution in [2.24, 2.45) is 0 Å². The van der Waals surface area contributed by atoms with Crippen molar-refractivity contribution in [2.75, 3.05) is 16.8 Å². The molecule has 1 aliphatic heterocycles. The number of aliphatic hydroxyl groups excluding tert-OH is 2. The lowest BCUT2D eigenvalue weighted by Gasteiger charge is -2.32. The van der Waals surface area contributed by atoms with E-state index < -0.39 is 11.6 Å². The number of aryl methyl sites for hydroxylation is 1. The van der Waals surface area contributed by atoms with Gasteiger partial charge in [0.05, 0.1) is 35.2 Å². The Morgan fingerprint density at radius 2 is 2.00 bits per heavy atom. The second-order valence-corrected chi connectivity index (χ2v) is 8.34. The van der Waals surface area contributed by atoms with E-state index in [9.17, 15) is 15.5 Å². The number of aliphatic hydroxyl groups is 2. The highest BCUT2D eigenvalue weighted by molar-refractivity contribution is 5.57. The van der Waals surface area contributed by atoms with Crippen LogP contribution in [0.25, 0.3) is 0 Å². The average Bonchev–Trinajstić information content (AvgIpc) is 3.26. The molecule has 2 aliphatic rings. The second-order valence-electron chi connectivity index (χ2n) is 8.34. The Balaban J connectivity index is 1.43. The first-order valence-electron chi connectivity index (χ1n) is 10.5. The molecule has 6 heteroatoms. The molecule has 0 radical (unpaired) electrons. The molecule has 0 bridgehead atoms. The Morgan fingerprint density at radius 1 is 1.23 bits per heavy atom. The van der Waals surface area contributed by atoms with E-state index in [1.165, 1.54) is 5.56 Å². The van der Waals surface area contributed by atoms with E-state index >= 15 is 0 Å². The Labute approximate surface area is 177 Å². The number of rotatable bonds is 5. The third kappa shape index (κ3) is 4.04. The lowest BCUT2D eigenvalue weighted by atomic mass is 9.72. The summed E-state index contributed by atoms with van der Waals surface area (Å²) in [5.41, 5.74) is 4.12. The van der Waals surface area contributed by atoms with Crippen molar-refractivity contribution in [2.45, 2.75) is 56.8 Å². The van der Waals surface area contributed by atoms with Gasteiger partial charge < -0.3 is 20.4 Å². The quantitative estimate of drug-likeness (QED) is 0.660. The number of hydrogen-bond acceptors (Lipinski definition) is 6. The van der Waals surface area contributed by atoms with Crippen molar-refractivity contribution in [3.63, 3.8) is 0 Å². The van der Waals surface area contributed by atoms with Gasteiger partial charge in [-0.3, -0.25) is 4.98 Å². The highest BCUT2D eigenvalue weighted by Gasteiger charge is 2.38. The third-order valence-electron chi connectivity index (χ3n) is 6.32. The summed E-state index contributed by atoms with van der Waals surface area (Å²) in [5, 5.41) is 33.3. The van der Waals surface area contributed by atoms with E-state index in [0.29, 0.717) is 31.4 Å². The van der Waals surface area contributed by atoms with Gasteiger partial charge in [-0.25, -0.2) is 0 Å². The molecule has 156 valence electrons. The van der Waals surface area contributed by atoms with Gasteiger partial charge in [0.15, 0.2) is 0 Å². The predicted molar refractivity (Wildman–Crippen MR) is 117 cm³/mol. The lowest BCUT2D eigenvalue weighted by molar-refractivity contribution is 0.108. The zero-order valence-electron chi connectivity index (χ0n) is 17.3. The van der Waals surface area contributed by atoms with E-state index in [1.54, 1.807) is 6.20 Å². The number of nitrogens with one attached hydrogen (secondary N) is 1. The predicted octanol–water partition coefficient (Wildman–Crippen LogP) is 3.61. The maximum Gasteiger partial charge on any atom is 0.148 e. The van der Waals surface area contributed by atoms with Gasteiger partial charge in [0.1, 0.15) is 6.23 Å². The zero-order chi connectivity index (χ0) is 21.1. The maximum atomic E-state index is 10.7. The van der Waals surface area contributed by atoms with Crippen LogP contribution in [-0.2, 0) is 5.41 Å². The summed E-state index contributed by atoms with van der Waals surface area (Å²) in [5.74, 6) is 0. The molecule has 1 fully saturated rings. The summed E-state index contributed by atoms with van der Waals surface area (Å²) in [7, 11) is 0. The number of aromatic nitrogens is 1. The van der Waals surface area contributed by atoms with Gasteiger partial charge in [-0.05, 0) is 68.4 Å². The molecule has 1 unspecified atom stereocenters. The number of para-hydroxylation sites is 1. The topological polar surface area (TPSA) is 92.4 Å². The minimum Gasteiger partial charge on any atom is -0.393 e. The van der Waals surface area contributed by atoms with Crippen LogP contribution in [0.4, 0.5) is 11.4 Å². The van der Waals surface area contributed by atoms with Gasteiger partial charge in [0.25, 0.3) is 0 Å². The lowest BCUT2D eigenvalue weighted by Crippen LogP contribution is -2.33. The van der Waals surface area contributed by atoms with Crippen LogP contribution in [0, 0.1) is 18.3 Å². The van der Waals surface area contributed by atoms with Crippen molar-refractivity contribution in [3.8, 4) is 6.07 Å². The first-order valence-corrected chi connectivity index (χ1v) is 10.5. The fourth-order valence-corrected chi connectivity index (χ4v) is 4.40. The monoisotopic (exact) mass is 404 g/mol. The molecule has 6 nitrogen and oxygen atoms in total. The minimum absolute atomic E-state index is 0.318. The molecule has 0 spiro atoms. The summed E-state index contributed by atoms with van der Waals surface area (Å²) in [4.78, 5) is 6.69. The van der Waals surface area contributed by atoms with E-state index in [-0.39, 0.29) is 6.10 Å². The largest absolute Gasteiger partial charge is 0.393 e. The van der Waals surface area contributed by atoms with Crippen molar-refractivity contribution < 1.29 is 10.2 Å². The molecule has 1 saturated carbocycles. The van der Waals surface area contributed by atoms with Crippen LogP contribution >= 0.6 is 0 Å². The molecule has 30 heavy (non-hydrogen) atoms. The third-order valence-corrected chi connectivity index (χ3v) is 6.32. The van der Waals surface area contributed by atoms with Crippen molar-refractivity contribution in [1.29, 1.82) is 5.26 Å². The van der Waals surface area contributed by atoms with Crippen LogP contribution < -0.4 is 10.2 Å². The minimum atomic E-state index is -0.790. The van der Waals surface area contributed by atoms with Crippen molar-refractivity contribution in [3.05, 3.63) is 65.6 Å². The van der Waals surface area contributed by atoms with Gasteiger partial charge >= 0.3 is 0 Å². The zero-order valence-corrected chi connectivity index (χ0v) is 17.3. The second kappa shape index (κ2) is 8.47. The van der Waals surface area contributed by atoms with Crippen molar-refractivity contribution >= 4 is 11.4 Å². The van der Waals surface area contributed by atoms with Gasteiger partial charge in [-0.1, -0.05) is 18.2 Å². The fraction of sp³-hybridized carbons (Fsp3) is 0.417. The SMILES string of the molecule is Cc1ccccc1N1C=C(C(O)Nc2ccc(C3(C#N)CCC(O)CC3)nc2)CC1. The van der Waals surface area contributed by atoms with Crippen LogP contribution in [-0.4, -0.2) is 34.1 Å². The van der Waals surface area contributed by atoms with Gasteiger partial charge in [-0.2, -0.15) is 5.26 Å². The molecule has 0 amide bonds. The summed E-state index contributed by atoms with van der Waals surface area (Å²) in [6, 6.07) is 14.4. The van der Waals surface area contributed by atoms with Crippen LogP contribution in [0.1, 0.15) is 43.4 Å². The molecule has 1 atom stereocenters. The smallest absolute Gasteiger partial charge is 0.148 e. The summed E-state index contributed by atoms with van der Waals surface area (Å²) in [6.07, 6.45) is 5.86. The van der Waals surface area contributed by atoms with Gasteiger partial charge in [-0.15, -0.1) is 0 Å². The molecule has 1 aromatic heterocycles. The standard InChI is InChI=1S/C24H28N4O2/c1-17-4-2-3-5-21(17)28-13-10-18(15-28)23(30)27-19-6-7-22(26-14-19)24(16-25)11-8-20(29)9-12-24/h2-7,14-15,20,23,27,29-30H,8-13H2,1H3. The molecule has 1 aromatic carbocycles. The number of anilines is 2. The van der Waals surface area contributed by atoms with Crippen LogP contribution in [0.2, 0.25) is 0 Å². The number of hydrogen-bond donors (Lipinski definition) is 3. The Hall–Kier alpha value is -2.88. The Bertz CT molecular complexity index is 956. The molecule has 1 aliphatic carbocycles. The average molecular weight is 405 g/mol. The van der Waals surface area contributed by atoms with E-state index in [2.05, 4.69) is 40.3 Å². The summed E-state index contributed by atoms with van der Waals surface area (Å²) >= 11 is 0. The maximum absolute atomic E-state index is 10.7. The number of benzene rings is 1. The van der Waals surface area contributed by atoms with Crippen LogP contribution in [0.5, 0.6) is 0 Å². The highest BCUT2D eigenvalue weighted by atomic mass is 16.3. The Kier molecular flexibility index (Phi) is 5.76. The molecular weight excluding hydrogens is 376 g/mol. The molecule has 3 N–H and O–H groups in total. The Morgan fingerprint density at radius 3 is 2.67 bits per heavy atom. The first-order chi connectivity index (χ1) is 14.5. The number of pyridine rings is 1. The molecule has 0 saturated heterocycles. The van der Waals surface area contributed by atoms with Gasteiger partial charge in [0, 0.05) is 18.4 Å². The van der Waals surface area contributed by atoms with E-state index in [1.807, 2.05) is 30.5 Å². The number of nitriles is 1. The van der Waals surface area contributed by atoms with E-state index in [0.717, 1.165) is 29.9 Å². The normalized spacial score (nSPS) is 24.8. The first kappa shape index (κ1) is 20.4. The van der Waals surface area contributed by atoms with Gasteiger partial charge in [0.2, 0.25) is 0 Å². The molecule has 4 rings (SSSR count). The van der Waals surface area contributed by atoms with E-state index in [4.69, 9.17) is 0 Å². The summed E-state index contributed by atoms with van der Waals surface area (Å²) in [6.45, 7) is 2.93. The number of nitrogens with zero attached hydrogens (tertiary/aromatic N) is 3. The molecular formula is C24H28N4O2. The fourth-order valence-electron chi connectivity index (χ4n) is 4.40. The van der Waals surface area contributed by atoms with Crippen molar-refractivity contribution in [1.82, 2.24) is 4.98 Å². The molecule has 2 aromatic rings. The molecule has 2 heterocycles. The van der Waals surface area contributed by atoms with Crippen LogP contribution in [0.3, 0.4) is 0 Å². The highest BCUT2D eigenvalue weighted by Crippen LogP contribution is 2.38. The summed E-state index contributed by atoms with van der Waals surface area (Å²) < 4.78 is 0. The van der Waals surface area contributed by atoms with Crippen LogP contribution in [0.15, 0.2) is 54.4 Å².